The Hall–Kier alpha value is -1.31. The Balaban J connectivity index is 1.45. The van der Waals surface area contributed by atoms with Gasteiger partial charge in [0.05, 0.1) is 11.5 Å². The van der Waals surface area contributed by atoms with E-state index >= 15 is 0 Å². The summed E-state index contributed by atoms with van der Waals surface area (Å²) in [6, 6.07) is 0.101. The largest absolute Gasteiger partial charge is 0.341 e. The Kier molecular flexibility index (Phi) is 6.10. The maximum absolute atomic E-state index is 12.7. The fraction of sp³-hybridized carbons (Fsp3) is 0.889. The predicted octanol–water partition coefficient (Wildman–Crippen LogP) is 1.39. The van der Waals surface area contributed by atoms with Gasteiger partial charge < -0.3 is 15.1 Å². The van der Waals surface area contributed by atoms with Crippen molar-refractivity contribution >= 4 is 21.8 Å². The van der Waals surface area contributed by atoms with Crippen LogP contribution in [0.1, 0.15) is 51.4 Å². The number of nitrogens with one attached hydrogen (secondary N) is 1. The van der Waals surface area contributed by atoms with Crippen LogP contribution < -0.4 is 5.32 Å². The SMILES string of the molecule is CN(C(=O)C1CCN(C(=O)NC2CCCCC2)CC1)C1CCS(=O)(=O)C1. The van der Waals surface area contributed by atoms with Crippen molar-refractivity contribution in [3.05, 3.63) is 0 Å². The summed E-state index contributed by atoms with van der Waals surface area (Å²) in [5.41, 5.74) is 0. The smallest absolute Gasteiger partial charge is 0.317 e. The van der Waals surface area contributed by atoms with Crippen molar-refractivity contribution in [1.82, 2.24) is 15.1 Å². The van der Waals surface area contributed by atoms with Crippen molar-refractivity contribution in [2.24, 2.45) is 5.92 Å². The van der Waals surface area contributed by atoms with Crippen LogP contribution in [0, 0.1) is 5.92 Å². The van der Waals surface area contributed by atoms with Gasteiger partial charge in [0.15, 0.2) is 9.84 Å². The average molecular weight is 386 g/mol. The molecule has 0 aromatic rings. The molecule has 2 heterocycles. The van der Waals surface area contributed by atoms with Crippen LogP contribution in [0.15, 0.2) is 0 Å². The van der Waals surface area contributed by atoms with Gasteiger partial charge in [0.1, 0.15) is 0 Å². The summed E-state index contributed by atoms with van der Waals surface area (Å²) < 4.78 is 23.3. The third-order valence-corrected chi connectivity index (χ3v) is 7.92. The highest BCUT2D eigenvalue weighted by atomic mass is 32.2. The first kappa shape index (κ1) is 19.5. The van der Waals surface area contributed by atoms with Gasteiger partial charge in [0.2, 0.25) is 5.91 Å². The normalized spacial score (nSPS) is 27.3. The highest BCUT2D eigenvalue weighted by Crippen LogP contribution is 2.24. The van der Waals surface area contributed by atoms with E-state index in [-0.39, 0.29) is 35.4 Å². The van der Waals surface area contributed by atoms with Gasteiger partial charge in [-0.3, -0.25) is 4.79 Å². The van der Waals surface area contributed by atoms with E-state index in [9.17, 15) is 18.0 Å². The molecule has 2 aliphatic heterocycles. The summed E-state index contributed by atoms with van der Waals surface area (Å²) in [4.78, 5) is 28.6. The van der Waals surface area contributed by atoms with Crippen LogP contribution in [0.4, 0.5) is 4.79 Å². The first-order chi connectivity index (χ1) is 12.4. The molecule has 1 saturated carbocycles. The molecular weight excluding hydrogens is 354 g/mol. The van der Waals surface area contributed by atoms with E-state index in [4.69, 9.17) is 0 Å². The number of rotatable bonds is 3. The molecule has 0 aromatic carbocycles. The summed E-state index contributed by atoms with van der Waals surface area (Å²) in [5, 5.41) is 3.13. The van der Waals surface area contributed by atoms with Crippen LogP contribution in [0.3, 0.4) is 0 Å². The van der Waals surface area contributed by atoms with Gasteiger partial charge in [-0.05, 0) is 32.1 Å². The summed E-state index contributed by atoms with van der Waals surface area (Å²) in [6.45, 7) is 1.18. The van der Waals surface area contributed by atoms with Gasteiger partial charge in [0, 0.05) is 38.1 Å². The van der Waals surface area contributed by atoms with E-state index in [0.29, 0.717) is 38.4 Å². The Morgan fingerprint density at radius 3 is 2.23 bits per heavy atom. The summed E-state index contributed by atoms with van der Waals surface area (Å²) >= 11 is 0. The van der Waals surface area contributed by atoms with E-state index in [1.54, 1.807) is 11.9 Å². The predicted molar refractivity (Wildman–Crippen MR) is 99.5 cm³/mol. The van der Waals surface area contributed by atoms with Crippen molar-refractivity contribution in [2.75, 3.05) is 31.6 Å². The molecule has 148 valence electrons. The molecule has 26 heavy (non-hydrogen) atoms. The van der Waals surface area contributed by atoms with Crippen LogP contribution in [-0.2, 0) is 14.6 Å². The fourth-order valence-electron chi connectivity index (χ4n) is 4.39. The number of amides is 3. The van der Waals surface area contributed by atoms with Gasteiger partial charge >= 0.3 is 6.03 Å². The third-order valence-electron chi connectivity index (χ3n) is 6.17. The maximum atomic E-state index is 12.7. The molecule has 1 aliphatic carbocycles. The second-order valence-corrected chi connectivity index (χ2v) is 10.3. The second kappa shape index (κ2) is 8.15. The third kappa shape index (κ3) is 4.69. The van der Waals surface area contributed by atoms with Crippen LogP contribution in [0.2, 0.25) is 0 Å². The zero-order valence-corrected chi connectivity index (χ0v) is 16.5. The first-order valence-corrected chi connectivity index (χ1v) is 11.7. The number of urea groups is 1. The van der Waals surface area contributed by atoms with Gasteiger partial charge in [-0.2, -0.15) is 0 Å². The molecule has 1 atom stereocenters. The standard InChI is InChI=1S/C18H31N3O4S/c1-20(16-9-12-26(24,25)13-16)17(22)14-7-10-21(11-8-14)18(23)19-15-5-3-2-4-6-15/h14-16H,2-13H2,1H3,(H,19,23). The van der Waals surface area contributed by atoms with Crippen LogP contribution >= 0.6 is 0 Å². The lowest BCUT2D eigenvalue weighted by Gasteiger charge is -2.35. The van der Waals surface area contributed by atoms with E-state index in [0.717, 1.165) is 12.8 Å². The van der Waals surface area contributed by atoms with Crippen molar-refractivity contribution < 1.29 is 18.0 Å². The lowest BCUT2D eigenvalue weighted by molar-refractivity contribution is -0.137. The molecule has 3 fully saturated rings. The van der Waals surface area contributed by atoms with Crippen molar-refractivity contribution in [3.63, 3.8) is 0 Å². The van der Waals surface area contributed by atoms with E-state index in [2.05, 4.69) is 5.32 Å². The van der Waals surface area contributed by atoms with E-state index in [1.807, 2.05) is 4.90 Å². The minimum atomic E-state index is -2.99. The van der Waals surface area contributed by atoms with E-state index < -0.39 is 9.84 Å². The Morgan fingerprint density at radius 1 is 1.00 bits per heavy atom. The van der Waals surface area contributed by atoms with Gasteiger partial charge in [0.25, 0.3) is 0 Å². The molecule has 3 rings (SSSR count). The number of nitrogens with zero attached hydrogens (tertiary/aromatic N) is 2. The lowest BCUT2D eigenvalue weighted by atomic mass is 9.94. The number of piperidine rings is 1. The number of likely N-dealkylation sites (tertiary alicyclic amines) is 1. The molecular formula is C18H31N3O4S. The van der Waals surface area contributed by atoms with Crippen molar-refractivity contribution in [3.8, 4) is 0 Å². The highest BCUT2D eigenvalue weighted by molar-refractivity contribution is 7.91. The molecule has 2 saturated heterocycles. The van der Waals surface area contributed by atoms with Gasteiger partial charge in [-0.25, -0.2) is 13.2 Å². The molecule has 0 radical (unpaired) electrons. The number of carbonyl (C=O) groups is 2. The van der Waals surface area contributed by atoms with Crippen LogP contribution in [-0.4, -0.2) is 73.9 Å². The van der Waals surface area contributed by atoms with Crippen molar-refractivity contribution in [2.45, 2.75) is 63.5 Å². The minimum absolute atomic E-state index is 0.00181. The van der Waals surface area contributed by atoms with Crippen LogP contribution in [0.5, 0.6) is 0 Å². The molecule has 3 amide bonds. The Bertz CT molecular complexity index is 622. The van der Waals surface area contributed by atoms with Gasteiger partial charge in [-0.1, -0.05) is 19.3 Å². The quantitative estimate of drug-likeness (QED) is 0.795. The summed E-state index contributed by atoms with van der Waals surface area (Å²) in [5.74, 6) is 0.175. The summed E-state index contributed by atoms with van der Waals surface area (Å²) in [7, 11) is -1.28. The Morgan fingerprint density at radius 2 is 1.65 bits per heavy atom. The minimum Gasteiger partial charge on any atom is -0.341 e. The fourth-order valence-corrected chi connectivity index (χ4v) is 6.17. The average Bonchev–Trinajstić information content (AvgIpc) is 3.01. The maximum Gasteiger partial charge on any atom is 0.317 e. The monoisotopic (exact) mass is 385 g/mol. The first-order valence-electron chi connectivity index (χ1n) is 9.88. The van der Waals surface area contributed by atoms with Crippen molar-refractivity contribution in [1.29, 1.82) is 0 Å². The molecule has 0 aromatic heterocycles. The molecule has 3 aliphatic rings. The zero-order chi connectivity index (χ0) is 18.7. The molecule has 1 unspecified atom stereocenters. The highest BCUT2D eigenvalue weighted by Gasteiger charge is 2.36. The molecule has 8 heteroatoms. The van der Waals surface area contributed by atoms with Gasteiger partial charge in [-0.15, -0.1) is 0 Å². The number of sulfone groups is 1. The number of hydrogen-bond acceptors (Lipinski definition) is 4. The summed E-state index contributed by atoms with van der Waals surface area (Å²) in [6.07, 6.45) is 7.60. The van der Waals surface area contributed by atoms with E-state index in [1.165, 1.54) is 19.3 Å². The Labute approximate surface area is 156 Å². The molecule has 0 bridgehead atoms. The molecule has 0 spiro atoms. The molecule has 7 nitrogen and oxygen atoms in total. The molecule has 1 N–H and O–H groups in total. The number of carbonyl (C=O) groups excluding carboxylic acids is 2. The lowest BCUT2D eigenvalue weighted by Crippen LogP contribution is -2.50. The topological polar surface area (TPSA) is 86.8 Å². The van der Waals surface area contributed by atoms with Crippen LogP contribution in [0.25, 0.3) is 0 Å². The zero-order valence-electron chi connectivity index (χ0n) is 15.7. The second-order valence-electron chi connectivity index (χ2n) is 8.05. The number of hydrogen-bond donors (Lipinski definition) is 1.